The molecule has 0 aliphatic heterocycles. The van der Waals surface area contributed by atoms with Crippen LogP contribution in [0.15, 0.2) is 131 Å². The van der Waals surface area contributed by atoms with Gasteiger partial charge in [0.15, 0.2) is 10.9 Å². The summed E-state index contributed by atoms with van der Waals surface area (Å²) in [6, 6.07) is 44.6. The Labute approximate surface area is 428 Å². The summed E-state index contributed by atoms with van der Waals surface area (Å²) in [5, 5.41) is 10.4. The smallest absolute Gasteiger partial charge is 0.195 e. The third-order valence-electron chi connectivity index (χ3n) is 15.9. The summed E-state index contributed by atoms with van der Waals surface area (Å²) in [5.74, 6) is 0. The van der Waals surface area contributed by atoms with Crippen LogP contribution in [0.25, 0.3) is 98.4 Å². The number of benzene rings is 8. The molecule has 2 heteroatoms. The van der Waals surface area contributed by atoms with E-state index >= 15 is 9.59 Å². The molecule has 0 atom stereocenters. The Morgan fingerprint density at radius 2 is 0.389 bits per heavy atom. The van der Waals surface area contributed by atoms with Crippen molar-refractivity contribution in [3.63, 3.8) is 0 Å². The molecule has 0 N–H and O–H groups in total. The van der Waals surface area contributed by atoms with Crippen molar-refractivity contribution in [3.8, 4) is 44.5 Å². The van der Waals surface area contributed by atoms with Gasteiger partial charge in [0.05, 0.1) is 0 Å². The highest BCUT2D eigenvalue weighted by atomic mass is 16.1. The van der Waals surface area contributed by atoms with Gasteiger partial charge in [-0.05, 0) is 145 Å². The predicted molar refractivity (Wildman–Crippen MR) is 314 cm³/mol. The number of hydrogen-bond donors (Lipinski definition) is 0. The van der Waals surface area contributed by atoms with Crippen molar-refractivity contribution in [2.75, 3.05) is 0 Å². The van der Waals surface area contributed by atoms with Gasteiger partial charge in [0.2, 0.25) is 0 Å². The van der Waals surface area contributed by atoms with Crippen LogP contribution in [0, 0.1) is 0 Å². The average molecular weight is 947 g/mol. The highest BCUT2D eigenvalue weighted by Crippen LogP contribution is 2.54. The highest BCUT2D eigenvalue weighted by Gasteiger charge is 2.33. The van der Waals surface area contributed by atoms with Gasteiger partial charge >= 0.3 is 0 Å². The van der Waals surface area contributed by atoms with Crippen molar-refractivity contribution in [1.29, 1.82) is 0 Å². The molecule has 0 saturated heterocycles. The van der Waals surface area contributed by atoms with E-state index in [2.05, 4.69) is 246 Å². The van der Waals surface area contributed by atoms with Crippen molar-refractivity contribution in [1.82, 2.24) is 0 Å². The fourth-order valence-electron chi connectivity index (χ4n) is 11.4. The molecule has 2 nitrogen and oxygen atoms in total. The summed E-state index contributed by atoms with van der Waals surface area (Å²) in [5.41, 5.74) is 13.1. The van der Waals surface area contributed by atoms with E-state index in [0.717, 1.165) is 109 Å². The first-order valence-electron chi connectivity index (χ1n) is 26.3. The van der Waals surface area contributed by atoms with Gasteiger partial charge in [0.25, 0.3) is 0 Å². The second-order valence-corrected chi connectivity index (χ2v) is 27.4. The maximum atomic E-state index is 16.1. The summed E-state index contributed by atoms with van der Waals surface area (Å²) < 4.78 is 0. The lowest BCUT2D eigenvalue weighted by Crippen LogP contribution is -2.12. The van der Waals surface area contributed by atoms with Crippen LogP contribution in [-0.4, -0.2) is 0 Å². The van der Waals surface area contributed by atoms with Crippen molar-refractivity contribution >= 4 is 53.9 Å². The van der Waals surface area contributed by atoms with Crippen LogP contribution in [-0.2, 0) is 32.5 Å². The summed E-state index contributed by atoms with van der Waals surface area (Å²) in [4.78, 5) is 32.3. The van der Waals surface area contributed by atoms with Gasteiger partial charge in [-0.25, -0.2) is 0 Å². The van der Waals surface area contributed by atoms with Crippen molar-refractivity contribution < 1.29 is 0 Å². The lowest BCUT2D eigenvalue weighted by Gasteiger charge is -2.26. The zero-order chi connectivity index (χ0) is 52.2. The summed E-state index contributed by atoms with van der Waals surface area (Å²) >= 11 is 0. The van der Waals surface area contributed by atoms with Crippen LogP contribution in [0.1, 0.15) is 158 Å². The molecule has 366 valence electrons. The van der Waals surface area contributed by atoms with E-state index in [4.69, 9.17) is 0 Å². The molecule has 0 bridgehead atoms. The standard InChI is InChI=1S/C70H74O2/c1-65(2,3)43-27-19-39(20-28-43)53-59-49-35-47(69(13,14)15)37-51-57(49)58-50(60(59)54(63(53)71)40-21-29-44(30-22-40)66(4,5)6)36-48(70(16,17)18)38-52(58)62-56(42-25-33-46(34-26-42)68(10,11)12)64(72)55(61(51)62)41-23-31-45(32-24-41)67(7,8)9/h19-38H,1-18H3. The van der Waals surface area contributed by atoms with Gasteiger partial charge in [-0.2, -0.15) is 0 Å². The van der Waals surface area contributed by atoms with Crippen LogP contribution in [0.3, 0.4) is 0 Å². The quantitative estimate of drug-likeness (QED) is 0.165. The van der Waals surface area contributed by atoms with Gasteiger partial charge < -0.3 is 0 Å². The lowest BCUT2D eigenvalue weighted by molar-refractivity contribution is 0.590. The molecular weight excluding hydrogens is 873 g/mol. The van der Waals surface area contributed by atoms with E-state index in [1.54, 1.807) is 0 Å². The SMILES string of the molecule is CC(C)(C)c1ccc(-c2c(=O)c(-c3ccc(C(C)(C)C)cc3)c3c4cc(C(C)(C)C)cc5c6c(-c7ccc(C(C)(C)C)cc7)c(=O)c(-c7ccc(C(C)(C)C)cc7)c6c6cc(C(C)(C)C)cc(c23)c6c45)cc1. The number of rotatable bonds is 4. The predicted octanol–water partition coefficient (Wildman–Crippen LogP) is 18.9. The molecule has 72 heavy (non-hydrogen) atoms. The van der Waals surface area contributed by atoms with Gasteiger partial charge in [-0.15, -0.1) is 0 Å². The molecule has 0 aromatic heterocycles. The molecule has 0 heterocycles. The minimum atomic E-state index is -0.275. The lowest BCUT2D eigenvalue weighted by atomic mass is 9.77. The first kappa shape index (κ1) is 49.2. The van der Waals surface area contributed by atoms with Crippen LogP contribution >= 0.6 is 0 Å². The molecule has 0 unspecified atom stereocenters. The van der Waals surface area contributed by atoms with Crippen LogP contribution in [0.5, 0.6) is 0 Å². The van der Waals surface area contributed by atoms with Gasteiger partial charge in [-0.1, -0.05) is 222 Å². The van der Waals surface area contributed by atoms with E-state index in [0.29, 0.717) is 0 Å². The molecule has 0 amide bonds. The molecule has 0 radical (unpaired) electrons. The van der Waals surface area contributed by atoms with E-state index in [9.17, 15) is 0 Å². The summed E-state index contributed by atoms with van der Waals surface area (Å²) in [6.07, 6.45) is 0. The molecule has 0 aliphatic carbocycles. The highest BCUT2D eigenvalue weighted by molar-refractivity contribution is 6.45. The minimum absolute atomic E-state index is 0.0449. The Morgan fingerprint density at radius 3 is 0.542 bits per heavy atom. The maximum Gasteiger partial charge on any atom is 0.195 e. The first-order valence-corrected chi connectivity index (χ1v) is 26.3. The normalized spacial score (nSPS) is 13.5. The van der Waals surface area contributed by atoms with Crippen LogP contribution in [0.4, 0.5) is 0 Å². The third-order valence-corrected chi connectivity index (χ3v) is 15.9. The fraction of sp³-hybridized carbons (Fsp3) is 0.343. The first-order chi connectivity index (χ1) is 33.4. The molecular formula is C70H74O2. The molecule has 0 saturated carbocycles. The van der Waals surface area contributed by atoms with Gasteiger partial charge in [-0.3, -0.25) is 9.59 Å². The number of hydrogen-bond acceptors (Lipinski definition) is 2. The van der Waals surface area contributed by atoms with Crippen molar-refractivity contribution in [2.24, 2.45) is 0 Å². The second kappa shape index (κ2) is 16.1. The largest absolute Gasteiger partial charge is 0.289 e. The Hall–Kier alpha value is -6.38. The Bertz CT molecular complexity index is 3370. The average Bonchev–Trinajstić information content (AvgIpc) is 3.78. The zero-order valence-corrected chi connectivity index (χ0v) is 46.4. The number of fused-ring (bicyclic) bond motifs is 6. The zero-order valence-electron chi connectivity index (χ0n) is 46.4. The molecule has 10 aromatic carbocycles. The van der Waals surface area contributed by atoms with Gasteiger partial charge in [0.1, 0.15) is 0 Å². The van der Waals surface area contributed by atoms with Gasteiger partial charge in [0, 0.05) is 43.8 Å². The fourth-order valence-corrected chi connectivity index (χ4v) is 11.4. The summed E-state index contributed by atoms with van der Waals surface area (Å²) in [6.45, 7) is 40.5. The maximum absolute atomic E-state index is 16.1. The molecule has 10 rings (SSSR count). The van der Waals surface area contributed by atoms with E-state index in [-0.39, 0.29) is 43.3 Å². The topological polar surface area (TPSA) is 34.1 Å². The monoisotopic (exact) mass is 947 g/mol. The van der Waals surface area contributed by atoms with Crippen molar-refractivity contribution in [3.05, 3.63) is 175 Å². The third kappa shape index (κ3) is 7.91. The minimum Gasteiger partial charge on any atom is -0.289 e. The summed E-state index contributed by atoms with van der Waals surface area (Å²) in [7, 11) is 0. The van der Waals surface area contributed by atoms with Crippen LogP contribution in [0.2, 0.25) is 0 Å². The van der Waals surface area contributed by atoms with E-state index in [1.807, 2.05) is 0 Å². The van der Waals surface area contributed by atoms with Crippen LogP contribution < -0.4 is 10.9 Å². The Balaban J connectivity index is 1.52. The molecule has 0 spiro atoms. The molecule has 10 aromatic rings. The molecule has 0 fully saturated rings. The second-order valence-electron chi connectivity index (χ2n) is 27.4. The molecule has 0 aliphatic rings. The van der Waals surface area contributed by atoms with Crippen molar-refractivity contribution in [2.45, 2.75) is 157 Å². The Morgan fingerprint density at radius 1 is 0.222 bits per heavy atom. The van der Waals surface area contributed by atoms with E-state index in [1.165, 1.54) is 22.3 Å². The van der Waals surface area contributed by atoms with E-state index < -0.39 is 0 Å². The Kier molecular flexibility index (Phi) is 11.0.